The third-order valence-electron chi connectivity index (χ3n) is 4.25. The van der Waals surface area contributed by atoms with Crippen molar-refractivity contribution < 1.29 is 14.7 Å². The van der Waals surface area contributed by atoms with E-state index in [0.717, 1.165) is 24.0 Å². The van der Waals surface area contributed by atoms with Crippen LogP contribution < -0.4 is 0 Å². The Morgan fingerprint density at radius 3 is 2.55 bits per heavy atom. The van der Waals surface area contributed by atoms with Crippen LogP contribution in [0, 0.1) is 11.3 Å². The minimum Gasteiger partial charge on any atom is -0.478 e. The first-order chi connectivity index (χ1) is 10.2. The lowest BCUT2D eigenvalue weighted by Crippen LogP contribution is -2.44. The fourth-order valence-corrected chi connectivity index (χ4v) is 3.40. The lowest BCUT2D eigenvalue weighted by Gasteiger charge is -2.36. The van der Waals surface area contributed by atoms with Crippen LogP contribution in [-0.4, -0.2) is 28.4 Å². The Balaban J connectivity index is 2.19. The molecule has 0 fully saturated rings. The van der Waals surface area contributed by atoms with Gasteiger partial charge >= 0.3 is 5.97 Å². The molecular formula is C18H25NO3. The number of hydrogen-bond acceptors (Lipinski definition) is 2. The Morgan fingerprint density at radius 1 is 1.27 bits per heavy atom. The molecule has 0 aliphatic carbocycles. The molecule has 0 unspecified atom stereocenters. The summed E-state index contributed by atoms with van der Waals surface area (Å²) in [6.45, 7) is 9.47. The van der Waals surface area contributed by atoms with Crippen molar-refractivity contribution in [2.75, 3.05) is 6.54 Å². The van der Waals surface area contributed by atoms with E-state index in [0.29, 0.717) is 19.0 Å². The van der Waals surface area contributed by atoms with Crippen LogP contribution in [0.1, 0.15) is 55.6 Å². The van der Waals surface area contributed by atoms with E-state index in [9.17, 15) is 9.59 Å². The Kier molecular flexibility index (Phi) is 4.59. The zero-order valence-corrected chi connectivity index (χ0v) is 13.8. The van der Waals surface area contributed by atoms with E-state index in [-0.39, 0.29) is 16.9 Å². The van der Waals surface area contributed by atoms with Gasteiger partial charge in [0, 0.05) is 18.5 Å². The van der Waals surface area contributed by atoms with E-state index in [2.05, 4.69) is 13.8 Å². The average molecular weight is 303 g/mol. The molecule has 4 nitrogen and oxygen atoms in total. The van der Waals surface area contributed by atoms with Crippen LogP contribution in [0.4, 0.5) is 0 Å². The van der Waals surface area contributed by atoms with Crippen LogP contribution in [0.15, 0.2) is 18.2 Å². The predicted molar refractivity (Wildman–Crippen MR) is 85.8 cm³/mol. The molecule has 120 valence electrons. The zero-order chi connectivity index (χ0) is 16.5. The molecule has 0 aromatic heterocycles. The van der Waals surface area contributed by atoms with Crippen molar-refractivity contribution in [2.45, 2.75) is 47.1 Å². The normalized spacial score (nSPS) is 14.9. The van der Waals surface area contributed by atoms with Gasteiger partial charge in [-0.3, -0.25) is 4.79 Å². The largest absolute Gasteiger partial charge is 0.478 e. The minimum absolute atomic E-state index is 0.160. The van der Waals surface area contributed by atoms with E-state index < -0.39 is 5.97 Å². The average Bonchev–Trinajstić information content (AvgIpc) is 2.43. The first kappa shape index (κ1) is 16.5. The second-order valence-electron chi connectivity index (χ2n) is 7.25. The van der Waals surface area contributed by atoms with Crippen LogP contribution in [0.2, 0.25) is 0 Å². The summed E-state index contributed by atoms with van der Waals surface area (Å²) in [5, 5.41) is 9.11. The van der Waals surface area contributed by atoms with Crippen LogP contribution in [0.5, 0.6) is 0 Å². The van der Waals surface area contributed by atoms with Gasteiger partial charge in [0.15, 0.2) is 0 Å². The number of carbonyl (C=O) groups excluding carboxylic acids is 1. The van der Waals surface area contributed by atoms with E-state index >= 15 is 0 Å². The number of nitrogens with zero attached hydrogens (tertiary/aromatic N) is 1. The van der Waals surface area contributed by atoms with Gasteiger partial charge in [-0.05, 0) is 42.0 Å². The zero-order valence-electron chi connectivity index (χ0n) is 13.8. The first-order valence-corrected chi connectivity index (χ1v) is 7.85. The quantitative estimate of drug-likeness (QED) is 0.928. The van der Waals surface area contributed by atoms with Gasteiger partial charge < -0.3 is 10.0 Å². The summed E-state index contributed by atoms with van der Waals surface area (Å²) in [7, 11) is 0. The van der Waals surface area contributed by atoms with Crippen molar-refractivity contribution in [3.63, 3.8) is 0 Å². The molecule has 1 aromatic rings. The summed E-state index contributed by atoms with van der Waals surface area (Å²) in [5.74, 6) is -0.298. The number of amides is 1. The standard InChI is InChI=1S/C18H25NO3/c1-12(2)10-18(3,4)17(22)19-8-7-13-5-6-14(16(20)21)9-15(13)11-19/h5-6,9,12H,7-8,10-11H2,1-4H3,(H,20,21). The summed E-state index contributed by atoms with van der Waals surface area (Å²) in [5.41, 5.74) is 2.01. The second-order valence-corrected chi connectivity index (χ2v) is 7.25. The summed E-state index contributed by atoms with van der Waals surface area (Å²) < 4.78 is 0. The maximum absolute atomic E-state index is 12.8. The number of carboxylic acid groups (broad SMARTS) is 1. The fraction of sp³-hybridized carbons (Fsp3) is 0.556. The number of fused-ring (bicyclic) bond motifs is 1. The molecule has 1 aliphatic rings. The van der Waals surface area contributed by atoms with Crippen molar-refractivity contribution in [1.82, 2.24) is 4.90 Å². The number of rotatable bonds is 4. The third kappa shape index (κ3) is 3.49. The van der Waals surface area contributed by atoms with Gasteiger partial charge in [-0.1, -0.05) is 33.8 Å². The maximum Gasteiger partial charge on any atom is 0.335 e. The lowest BCUT2D eigenvalue weighted by atomic mass is 9.82. The van der Waals surface area contributed by atoms with Crippen LogP contribution in [0.25, 0.3) is 0 Å². The second kappa shape index (κ2) is 6.11. The molecule has 0 spiro atoms. The molecule has 0 bridgehead atoms. The third-order valence-corrected chi connectivity index (χ3v) is 4.25. The number of carbonyl (C=O) groups is 2. The van der Waals surface area contributed by atoms with Gasteiger partial charge in [0.2, 0.25) is 5.91 Å². The van der Waals surface area contributed by atoms with E-state index in [1.54, 1.807) is 12.1 Å². The van der Waals surface area contributed by atoms with Crippen molar-refractivity contribution in [3.8, 4) is 0 Å². The smallest absolute Gasteiger partial charge is 0.335 e. The number of hydrogen-bond donors (Lipinski definition) is 1. The molecular weight excluding hydrogens is 278 g/mol. The molecule has 0 atom stereocenters. The molecule has 1 heterocycles. The van der Waals surface area contributed by atoms with Gasteiger partial charge in [0.05, 0.1) is 5.56 Å². The predicted octanol–water partition coefficient (Wildman–Crippen LogP) is 3.34. The highest BCUT2D eigenvalue weighted by Gasteiger charge is 2.34. The van der Waals surface area contributed by atoms with Gasteiger partial charge in [-0.2, -0.15) is 0 Å². The minimum atomic E-state index is -0.925. The van der Waals surface area contributed by atoms with E-state index in [1.165, 1.54) is 0 Å². The van der Waals surface area contributed by atoms with Crippen molar-refractivity contribution in [1.29, 1.82) is 0 Å². The summed E-state index contributed by atoms with van der Waals surface area (Å²) in [4.78, 5) is 25.8. The number of benzene rings is 1. The molecule has 4 heteroatoms. The highest BCUT2D eigenvalue weighted by atomic mass is 16.4. The molecule has 1 amide bonds. The highest BCUT2D eigenvalue weighted by Crippen LogP contribution is 2.30. The monoisotopic (exact) mass is 303 g/mol. The summed E-state index contributed by atoms with van der Waals surface area (Å²) in [6, 6.07) is 5.22. The SMILES string of the molecule is CC(C)CC(C)(C)C(=O)N1CCc2ccc(C(=O)O)cc2C1. The molecule has 1 aliphatic heterocycles. The summed E-state index contributed by atoms with van der Waals surface area (Å²) >= 11 is 0. The first-order valence-electron chi connectivity index (χ1n) is 7.85. The fourth-order valence-electron chi connectivity index (χ4n) is 3.40. The van der Waals surface area contributed by atoms with E-state index in [4.69, 9.17) is 5.11 Å². The Bertz CT molecular complexity index is 590. The van der Waals surface area contributed by atoms with Crippen molar-refractivity contribution in [3.05, 3.63) is 34.9 Å². The Morgan fingerprint density at radius 2 is 1.95 bits per heavy atom. The molecule has 22 heavy (non-hydrogen) atoms. The molecule has 2 rings (SSSR count). The van der Waals surface area contributed by atoms with Gasteiger partial charge in [0.25, 0.3) is 0 Å². The Labute approximate surface area is 132 Å². The van der Waals surface area contributed by atoms with Gasteiger partial charge in [0.1, 0.15) is 0 Å². The number of carboxylic acids is 1. The lowest BCUT2D eigenvalue weighted by molar-refractivity contribution is -0.142. The van der Waals surface area contributed by atoms with Crippen LogP contribution >= 0.6 is 0 Å². The van der Waals surface area contributed by atoms with Gasteiger partial charge in [-0.25, -0.2) is 4.79 Å². The van der Waals surface area contributed by atoms with Crippen LogP contribution in [-0.2, 0) is 17.8 Å². The molecule has 1 aromatic carbocycles. The summed E-state index contributed by atoms with van der Waals surface area (Å²) in [6.07, 6.45) is 1.64. The number of aromatic carboxylic acids is 1. The molecule has 0 saturated carbocycles. The van der Waals surface area contributed by atoms with Crippen molar-refractivity contribution >= 4 is 11.9 Å². The molecule has 1 N–H and O–H groups in total. The van der Waals surface area contributed by atoms with Crippen molar-refractivity contribution in [2.24, 2.45) is 11.3 Å². The Hall–Kier alpha value is -1.84. The maximum atomic E-state index is 12.8. The van der Waals surface area contributed by atoms with E-state index in [1.807, 2.05) is 24.8 Å². The molecule has 0 radical (unpaired) electrons. The highest BCUT2D eigenvalue weighted by molar-refractivity contribution is 5.88. The van der Waals surface area contributed by atoms with Crippen LogP contribution in [0.3, 0.4) is 0 Å². The molecule has 0 saturated heterocycles. The topological polar surface area (TPSA) is 57.6 Å². The van der Waals surface area contributed by atoms with Gasteiger partial charge in [-0.15, -0.1) is 0 Å².